The predicted octanol–water partition coefficient (Wildman–Crippen LogP) is 3.00. The summed E-state index contributed by atoms with van der Waals surface area (Å²) in [5, 5.41) is 13.3. The molecule has 0 N–H and O–H groups in total. The summed E-state index contributed by atoms with van der Waals surface area (Å²) < 4.78 is 0. The van der Waals surface area contributed by atoms with Crippen LogP contribution in [0.4, 0.5) is 0 Å². The molecule has 0 radical (unpaired) electrons. The van der Waals surface area contributed by atoms with Crippen molar-refractivity contribution in [3.8, 4) is 6.07 Å². The van der Waals surface area contributed by atoms with Gasteiger partial charge in [-0.25, -0.2) is 4.98 Å². The fourth-order valence-electron chi connectivity index (χ4n) is 1.29. The highest BCUT2D eigenvalue weighted by molar-refractivity contribution is 7.12. The number of Topliss-reactive ketones (excluding diaryl/α,β-unsaturated/α-hetero) is 1. The fraction of sp³-hybridized carbons (Fsp3) is 0.182. The number of carbonyl (C=O) groups is 1. The molecule has 2 aromatic heterocycles. The standard InChI is InChI=1S/C11H8N2OS2/c1-7-6-16-11(13-7)8(5-12)10(14)9-3-2-4-15-9/h2-4,6,8H,1H3. The van der Waals surface area contributed by atoms with Crippen LogP contribution in [-0.4, -0.2) is 10.8 Å². The Morgan fingerprint density at radius 2 is 2.38 bits per heavy atom. The van der Waals surface area contributed by atoms with Gasteiger partial charge in [0.15, 0.2) is 11.7 Å². The van der Waals surface area contributed by atoms with Crippen molar-refractivity contribution < 1.29 is 4.79 Å². The molecule has 2 aromatic rings. The van der Waals surface area contributed by atoms with Gasteiger partial charge in [-0.15, -0.1) is 22.7 Å². The maximum absolute atomic E-state index is 12.0. The smallest absolute Gasteiger partial charge is 0.196 e. The van der Waals surface area contributed by atoms with E-state index in [9.17, 15) is 4.79 Å². The molecule has 0 aliphatic heterocycles. The van der Waals surface area contributed by atoms with Crippen molar-refractivity contribution in [3.63, 3.8) is 0 Å². The number of ketones is 1. The number of hydrogen-bond donors (Lipinski definition) is 0. The summed E-state index contributed by atoms with van der Waals surface area (Å²) in [7, 11) is 0. The van der Waals surface area contributed by atoms with Gasteiger partial charge in [-0.3, -0.25) is 4.79 Å². The van der Waals surface area contributed by atoms with Crippen molar-refractivity contribution in [2.24, 2.45) is 0 Å². The summed E-state index contributed by atoms with van der Waals surface area (Å²) in [5.74, 6) is -0.927. The molecule has 0 aliphatic rings. The molecule has 0 fully saturated rings. The summed E-state index contributed by atoms with van der Waals surface area (Å²) in [5.41, 5.74) is 0.847. The topological polar surface area (TPSA) is 53.8 Å². The third kappa shape index (κ3) is 2.03. The Labute approximate surface area is 101 Å². The van der Waals surface area contributed by atoms with Gasteiger partial charge in [0.05, 0.1) is 10.9 Å². The normalized spacial score (nSPS) is 12.0. The lowest BCUT2D eigenvalue weighted by Crippen LogP contribution is -2.09. The molecule has 2 heterocycles. The Morgan fingerprint density at radius 1 is 1.56 bits per heavy atom. The molecule has 1 unspecified atom stereocenters. The molecule has 16 heavy (non-hydrogen) atoms. The number of aryl methyl sites for hydroxylation is 1. The Morgan fingerprint density at radius 3 is 2.88 bits per heavy atom. The molecule has 0 bridgehead atoms. The van der Waals surface area contributed by atoms with Gasteiger partial charge >= 0.3 is 0 Å². The van der Waals surface area contributed by atoms with Crippen molar-refractivity contribution in [1.82, 2.24) is 4.98 Å². The first-order valence-corrected chi connectivity index (χ1v) is 6.37. The first kappa shape index (κ1) is 11.0. The second kappa shape index (κ2) is 4.56. The molecule has 3 nitrogen and oxygen atoms in total. The van der Waals surface area contributed by atoms with Gasteiger partial charge in [0.1, 0.15) is 5.01 Å². The lowest BCUT2D eigenvalue weighted by Gasteiger charge is -2.01. The summed E-state index contributed by atoms with van der Waals surface area (Å²) in [6.07, 6.45) is 0. The summed E-state index contributed by atoms with van der Waals surface area (Å²) >= 11 is 2.71. The van der Waals surface area contributed by atoms with E-state index in [1.54, 1.807) is 12.1 Å². The van der Waals surface area contributed by atoms with Crippen LogP contribution >= 0.6 is 22.7 Å². The van der Waals surface area contributed by atoms with Gasteiger partial charge in [0, 0.05) is 11.1 Å². The van der Waals surface area contributed by atoms with Gasteiger partial charge in [0.2, 0.25) is 0 Å². The van der Waals surface area contributed by atoms with Crippen LogP contribution in [0.5, 0.6) is 0 Å². The zero-order valence-corrected chi connectivity index (χ0v) is 10.1. The SMILES string of the molecule is Cc1csc(C(C#N)C(=O)c2cccs2)n1. The number of rotatable bonds is 3. The van der Waals surface area contributed by atoms with Crippen molar-refractivity contribution in [3.05, 3.63) is 38.5 Å². The largest absolute Gasteiger partial charge is 0.291 e. The van der Waals surface area contributed by atoms with E-state index in [-0.39, 0.29) is 5.78 Å². The molecule has 0 amide bonds. The maximum Gasteiger partial charge on any atom is 0.196 e. The maximum atomic E-state index is 12.0. The molecule has 2 rings (SSSR count). The highest BCUT2D eigenvalue weighted by Crippen LogP contribution is 2.25. The van der Waals surface area contributed by atoms with Crippen LogP contribution in [0.15, 0.2) is 22.9 Å². The zero-order valence-electron chi connectivity index (χ0n) is 8.51. The van der Waals surface area contributed by atoms with E-state index >= 15 is 0 Å². The first-order valence-electron chi connectivity index (χ1n) is 4.61. The Bertz CT molecular complexity index is 537. The van der Waals surface area contributed by atoms with E-state index in [2.05, 4.69) is 4.98 Å². The minimum Gasteiger partial charge on any atom is -0.291 e. The molecular weight excluding hydrogens is 240 g/mol. The molecule has 0 aromatic carbocycles. The number of thiazole rings is 1. The van der Waals surface area contributed by atoms with E-state index in [0.717, 1.165) is 5.69 Å². The van der Waals surface area contributed by atoms with Gasteiger partial charge in [-0.2, -0.15) is 5.26 Å². The summed E-state index contributed by atoms with van der Waals surface area (Å²) in [4.78, 5) is 16.8. The number of nitriles is 1. The van der Waals surface area contributed by atoms with Crippen LogP contribution in [0.2, 0.25) is 0 Å². The van der Waals surface area contributed by atoms with Crippen LogP contribution in [0, 0.1) is 18.3 Å². The van der Waals surface area contributed by atoms with Crippen LogP contribution in [0.3, 0.4) is 0 Å². The lowest BCUT2D eigenvalue weighted by atomic mass is 10.1. The van der Waals surface area contributed by atoms with E-state index in [4.69, 9.17) is 5.26 Å². The number of nitrogens with zero attached hydrogens (tertiary/aromatic N) is 2. The third-order valence-corrected chi connectivity index (χ3v) is 3.95. The van der Waals surface area contributed by atoms with Crippen molar-refractivity contribution in [1.29, 1.82) is 5.26 Å². The van der Waals surface area contributed by atoms with Gasteiger partial charge in [-0.1, -0.05) is 6.07 Å². The molecule has 0 aliphatic carbocycles. The molecular formula is C11H8N2OS2. The third-order valence-electron chi connectivity index (χ3n) is 2.04. The molecule has 0 saturated carbocycles. The van der Waals surface area contributed by atoms with Crippen LogP contribution in [0.1, 0.15) is 26.3 Å². The van der Waals surface area contributed by atoms with Gasteiger partial charge < -0.3 is 0 Å². The van der Waals surface area contributed by atoms with Gasteiger partial charge in [0.25, 0.3) is 0 Å². The number of hydrogen-bond acceptors (Lipinski definition) is 5. The van der Waals surface area contributed by atoms with Crippen LogP contribution in [0.25, 0.3) is 0 Å². The van der Waals surface area contributed by atoms with Gasteiger partial charge in [-0.05, 0) is 18.4 Å². The van der Waals surface area contributed by atoms with Crippen molar-refractivity contribution in [2.75, 3.05) is 0 Å². The highest BCUT2D eigenvalue weighted by Gasteiger charge is 2.25. The molecule has 80 valence electrons. The summed E-state index contributed by atoms with van der Waals surface area (Å²) in [6, 6.07) is 5.56. The average molecular weight is 248 g/mol. The highest BCUT2D eigenvalue weighted by atomic mass is 32.1. The first-order chi connectivity index (χ1) is 7.72. The Balaban J connectivity index is 2.31. The second-order valence-corrected chi connectivity index (χ2v) is 5.07. The lowest BCUT2D eigenvalue weighted by molar-refractivity contribution is 0.0982. The van der Waals surface area contributed by atoms with E-state index < -0.39 is 5.92 Å². The number of thiophene rings is 1. The van der Waals surface area contributed by atoms with Crippen molar-refractivity contribution >= 4 is 28.5 Å². The molecule has 5 heteroatoms. The van der Waals surface area contributed by atoms with E-state index in [1.165, 1.54) is 22.7 Å². The Kier molecular flexibility index (Phi) is 3.13. The minimum atomic E-state index is -0.766. The molecule has 0 saturated heterocycles. The number of carbonyl (C=O) groups excluding carboxylic acids is 1. The van der Waals surface area contributed by atoms with E-state index in [0.29, 0.717) is 9.88 Å². The molecule has 1 atom stereocenters. The average Bonchev–Trinajstić information content (AvgIpc) is 2.90. The Hall–Kier alpha value is -1.51. The number of aromatic nitrogens is 1. The predicted molar refractivity (Wildman–Crippen MR) is 63.9 cm³/mol. The van der Waals surface area contributed by atoms with Crippen molar-refractivity contribution in [2.45, 2.75) is 12.8 Å². The van der Waals surface area contributed by atoms with Crippen LogP contribution < -0.4 is 0 Å². The zero-order chi connectivity index (χ0) is 11.5. The summed E-state index contributed by atoms with van der Waals surface area (Å²) in [6.45, 7) is 1.85. The monoisotopic (exact) mass is 248 g/mol. The van der Waals surface area contributed by atoms with Crippen LogP contribution in [-0.2, 0) is 0 Å². The van der Waals surface area contributed by atoms with E-state index in [1.807, 2.05) is 23.8 Å². The minimum absolute atomic E-state index is 0.160. The molecule has 0 spiro atoms. The fourth-order valence-corrected chi connectivity index (χ4v) is 2.82. The second-order valence-electron chi connectivity index (χ2n) is 3.23. The quantitative estimate of drug-likeness (QED) is 0.784.